The molecule has 0 saturated carbocycles. The molecule has 0 aliphatic rings. The maximum atomic E-state index is 11.9. The molecule has 4 heteroatoms. The first-order chi connectivity index (χ1) is 7.63. The van der Waals surface area contributed by atoms with Crippen molar-refractivity contribution in [1.29, 1.82) is 0 Å². The molecule has 0 heterocycles. The van der Waals surface area contributed by atoms with Gasteiger partial charge in [0.1, 0.15) is 12.4 Å². The Hall–Kier alpha value is -1.27. The zero-order chi connectivity index (χ0) is 12.0. The third kappa shape index (κ3) is 4.08. The van der Waals surface area contributed by atoms with Crippen LogP contribution in [-0.2, 0) is 0 Å². The molecule has 0 N–H and O–H groups in total. The van der Waals surface area contributed by atoms with Crippen LogP contribution in [0.1, 0.15) is 11.1 Å². The number of hydrogen-bond acceptors (Lipinski definition) is 1. The predicted octanol–water partition coefficient (Wildman–Crippen LogP) is 3.23. The third-order valence-corrected chi connectivity index (χ3v) is 2.00. The minimum Gasteiger partial charge on any atom is -0.488 e. The maximum absolute atomic E-state index is 11.9. The quantitative estimate of drug-likeness (QED) is 0.586. The fourth-order valence-electron chi connectivity index (χ4n) is 1.15. The topological polar surface area (TPSA) is 9.23 Å². The standard InChI is InChI=1S/C12H11ClF2O/c1-9-7-11(16-8-12(14)15)5-4-10(9)3-2-6-13/h4-5,7,12H,6,8H2,1H3. The number of benzene rings is 1. The molecule has 0 aliphatic heterocycles. The van der Waals surface area contributed by atoms with Gasteiger partial charge < -0.3 is 4.74 Å². The summed E-state index contributed by atoms with van der Waals surface area (Å²) in [7, 11) is 0. The van der Waals surface area contributed by atoms with Crippen molar-refractivity contribution >= 4 is 11.6 Å². The molecule has 1 nitrogen and oxygen atoms in total. The zero-order valence-corrected chi connectivity index (χ0v) is 9.52. The van der Waals surface area contributed by atoms with Crippen molar-refractivity contribution in [2.45, 2.75) is 13.3 Å². The summed E-state index contributed by atoms with van der Waals surface area (Å²) in [6.45, 7) is 1.25. The van der Waals surface area contributed by atoms with Crippen LogP contribution in [0.15, 0.2) is 18.2 Å². The largest absolute Gasteiger partial charge is 0.488 e. The van der Waals surface area contributed by atoms with Crippen molar-refractivity contribution in [3.05, 3.63) is 29.3 Å². The number of hydrogen-bond donors (Lipinski definition) is 0. The summed E-state index contributed by atoms with van der Waals surface area (Å²) in [5, 5.41) is 0. The van der Waals surface area contributed by atoms with Gasteiger partial charge in [-0.2, -0.15) is 0 Å². The minimum absolute atomic E-state index is 0.267. The first-order valence-electron chi connectivity index (χ1n) is 4.70. The molecule has 1 rings (SSSR count). The van der Waals surface area contributed by atoms with Gasteiger partial charge in [-0.25, -0.2) is 8.78 Å². The normalized spacial score (nSPS) is 9.81. The summed E-state index contributed by atoms with van der Waals surface area (Å²) in [4.78, 5) is 0. The smallest absolute Gasteiger partial charge is 0.272 e. The molecule has 1 aromatic rings. The Labute approximate surface area is 98.4 Å². The second kappa shape index (κ2) is 6.34. The van der Waals surface area contributed by atoms with E-state index in [4.69, 9.17) is 16.3 Å². The Balaban J connectivity index is 2.74. The fraction of sp³-hybridized carbons (Fsp3) is 0.333. The van der Waals surface area contributed by atoms with E-state index in [0.717, 1.165) is 11.1 Å². The molecule has 0 saturated heterocycles. The summed E-state index contributed by atoms with van der Waals surface area (Å²) in [5.74, 6) is 6.29. The van der Waals surface area contributed by atoms with E-state index in [9.17, 15) is 8.78 Å². The van der Waals surface area contributed by atoms with Crippen molar-refractivity contribution in [3.8, 4) is 17.6 Å². The Kier molecular flexibility index (Phi) is 5.07. The Morgan fingerprint density at radius 3 is 2.75 bits per heavy atom. The molecular weight excluding hydrogens is 234 g/mol. The van der Waals surface area contributed by atoms with Crippen molar-refractivity contribution in [3.63, 3.8) is 0 Å². The third-order valence-electron chi connectivity index (χ3n) is 1.86. The van der Waals surface area contributed by atoms with Crippen molar-refractivity contribution in [1.82, 2.24) is 0 Å². The highest BCUT2D eigenvalue weighted by atomic mass is 35.5. The molecule has 86 valence electrons. The maximum Gasteiger partial charge on any atom is 0.272 e. The van der Waals surface area contributed by atoms with Crippen LogP contribution in [-0.4, -0.2) is 18.9 Å². The lowest BCUT2D eigenvalue weighted by atomic mass is 10.1. The van der Waals surface area contributed by atoms with Crippen LogP contribution >= 0.6 is 11.6 Å². The first kappa shape index (κ1) is 12.8. The van der Waals surface area contributed by atoms with Crippen LogP contribution in [0.2, 0.25) is 0 Å². The van der Waals surface area contributed by atoms with E-state index in [1.54, 1.807) is 18.2 Å². The van der Waals surface area contributed by atoms with Gasteiger partial charge in [-0.15, -0.1) is 11.6 Å². The second-order valence-electron chi connectivity index (χ2n) is 3.11. The molecule has 0 radical (unpaired) electrons. The van der Waals surface area contributed by atoms with E-state index in [1.807, 2.05) is 6.92 Å². The van der Waals surface area contributed by atoms with Crippen LogP contribution in [0.3, 0.4) is 0 Å². The van der Waals surface area contributed by atoms with Gasteiger partial charge in [0.25, 0.3) is 6.43 Å². The lowest BCUT2D eigenvalue weighted by Crippen LogP contribution is -2.07. The summed E-state index contributed by atoms with van der Waals surface area (Å²) in [6, 6.07) is 5.03. The van der Waals surface area contributed by atoms with Crippen LogP contribution in [0, 0.1) is 18.8 Å². The van der Waals surface area contributed by atoms with E-state index in [1.165, 1.54) is 0 Å². The summed E-state index contributed by atoms with van der Waals surface area (Å²) < 4.78 is 28.7. The van der Waals surface area contributed by atoms with E-state index in [0.29, 0.717) is 5.75 Å². The van der Waals surface area contributed by atoms with E-state index >= 15 is 0 Å². The number of rotatable bonds is 3. The van der Waals surface area contributed by atoms with Gasteiger partial charge in [-0.3, -0.25) is 0 Å². The van der Waals surface area contributed by atoms with Gasteiger partial charge in [-0.05, 0) is 30.7 Å². The average molecular weight is 245 g/mol. The van der Waals surface area contributed by atoms with E-state index in [2.05, 4.69) is 11.8 Å². The summed E-state index contributed by atoms with van der Waals surface area (Å²) in [6.07, 6.45) is -2.46. The van der Waals surface area contributed by atoms with Crippen molar-refractivity contribution in [2.75, 3.05) is 12.5 Å². The lowest BCUT2D eigenvalue weighted by molar-refractivity contribution is 0.0819. The molecule has 0 aromatic heterocycles. The van der Waals surface area contributed by atoms with Gasteiger partial charge >= 0.3 is 0 Å². The first-order valence-corrected chi connectivity index (χ1v) is 5.23. The van der Waals surface area contributed by atoms with Crippen molar-refractivity contribution in [2.24, 2.45) is 0 Å². The number of alkyl halides is 3. The molecule has 0 atom stereocenters. The zero-order valence-electron chi connectivity index (χ0n) is 8.77. The van der Waals surface area contributed by atoms with Crippen molar-refractivity contribution < 1.29 is 13.5 Å². The number of halogens is 3. The van der Waals surface area contributed by atoms with E-state index < -0.39 is 13.0 Å². The molecule has 0 fully saturated rings. The molecule has 0 unspecified atom stereocenters. The summed E-state index contributed by atoms with van der Waals surface area (Å²) in [5.41, 5.74) is 1.70. The monoisotopic (exact) mass is 244 g/mol. The molecule has 16 heavy (non-hydrogen) atoms. The highest BCUT2D eigenvalue weighted by Gasteiger charge is 2.04. The number of aryl methyl sites for hydroxylation is 1. The van der Waals surface area contributed by atoms with Crippen LogP contribution in [0.5, 0.6) is 5.75 Å². The van der Waals surface area contributed by atoms with Crippen LogP contribution in [0.4, 0.5) is 8.78 Å². The lowest BCUT2D eigenvalue weighted by Gasteiger charge is -2.06. The Bertz CT molecular complexity index is 407. The SMILES string of the molecule is Cc1cc(OCC(F)F)ccc1C#CCCl. The van der Waals surface area contributed by atoms with E-state index in [-0.39, 0.29) is 5.88 Å². The molecular formula is C12H11ClF2O. The molecule has 1 aromatic carbocycles. The Morgan fingerprint density at radius 2 is 2.19 bits per heavy atom. The fourth-order valence-corrected chi connectivity index (χ4v) is 1.22. The molecule has 0 aliphatic carbocycles. The second-order valence-corrected chi connectivity index (χ2v) is 3.38. The molecule has 0 bridgehead atoms. The Morgan fingerprint density at radius 1 is 1.44 bits per heavy atom. The average Bonchev–Trinajstić information content (AvgIpc) is 2.25. The predicted molar refractivity (Wildman–Crippen MR) is 60.3 cm³/mol. The van der Waals surface area contributed by atoms with Gasteiger partial charge in [0.15, 0.2) is 0 Å². The van der Waals surface area contributed by atoms with Gasteiger partial charge in [0.2, 0.25) is 0 Å². The van der Waals surface area contributed by atoms with Crippen LogP contribution in [0.25, 0.3) is 0 Å². The highest BCUT2D eigenvalue weighted by Crippen LogP contribution is 2.17. The van der Waals surface area contributed by atoms with Gasteiger partial charge in [0, 0.05) is 5.56 Å². The van der Waals surface area contributed by atoms with Gasteiger partial charge in [0.05, 0.1) is 5.88 Å². The molecule has 0 spiro atoms. The summed E-state index contributed by atoms with van der Waals surface area (Å²) >= 11 is 5.44. The van der Waals surface area contributed by atoms with Gasteiger partial charge in [-0.1, -0.05) is 11.8 Å². The van der Waals surface area contributed by atoms with Crippen LogP contribution < -0.4 is 4.74 Å². The number of ether oxygens (including phenoxy) is 1. The molecule has 0 amide bonds. The minimum atomic E-state index is -2.46. The highest BCUT2D eigenvalue weighted by molar-refractivity contribution is 6.19.